The zero-order valence-electron chi connectivity index (χ0n) is 16.9. The van der Waals surface area contributed by atoms with Gasteiger partial charge in [0.05, 0.1) is 5.56 Å². The van der Waals surface area contributed by atoms with Crippen molar-refractivity contribution in [2.24, 2.45) is 10.8 Å². The molecule has 1 aromatic carbocycles. The van der Waals surface area contributed by atoms with Gasteiger partial charge in [-0.25, -0.2) is 9.59 Å². The van der Waals surface area contributed by atoms with Gasteiger partial charge in [0.2, 0.25) is 0 Å². The third-order valence-electron chi connectivity index (χ3n) is 4.14. The number of hydrogen-bond acceptors (Lipinski definition) is 4. The van der Waals surface area contributed by atoms with Gasteiger partial charge >= 0.3 is 11.9 Å². The predicted octanol–water partition coefficient (Wildman–Crippen LogP) is 5.14. The fourth-order valence-corrected chi connectivity index (χ4v) is 2.81. The highest BCUT2D eigenvalue weighted by Gasteiger charge is 2.30. The fraction of sp³-hybridized carbons (Fsp3) is 0.545. The maximum absolute atomic E-state index is 12.1. The van der Waals surface area contributed by atoms with Crippen molar-refractivity contribution in [1.29, 1.82) is 0 Å². The third-order valence-corrected chi connectivity index (χ3v) is 4.14. The second kappa shape index (κ2) is 9.02. The molecule has 0 bridgehead atoms. The van der Waals surface area contributed by atoms with Crippen LogP contribution in [0.1, 0.15) is 69.8 Å². The van der Waals surface area contributed by atoms with E-state index in [1.807, 2.05) is 12.1 Å². The number of ether oxygens (including phenoxy) is 2. The van der Waals surface area contributed by atoms with Crippen LogP contribution in [0.5, 0.6) is 0 Å². The summed E-state index contributed by atoms with van der Waals surface area (Å²) >= 11 is 0. The molecule has 0 aliphatic rings. The quantitative estimate of drug-likeness (QED) is 0.384. The number of rotatable bonds is 7. The second-order valence-electron chi connectivity index (χ2n) is 8.81. The number of benzene rings is 1. The molecule has 0 aliphatic carbocycles. The van der Waals surface area contributed by atoms with Crippen molar-refractivity contribution < 1.29 is 19.1 Å². The summed E-state index contributed by atoms with van der Waals surface area (Å²) in [7, 11) is 0. The summed E-state index contributed by atoms with van der Waals surface area (Å²) in [6.07, 6.45) is 2.14. The lowest BCUT2D eigenvalue weighted by molar-refractivity contribution is -0.138. The summed E-state index contributed by atoms with van der Waals surface area (Å²) in [5, 5.41) is 0. The van der Waals surface area contributed by atoms with Crippen molar-refractivity contribution in [3.8, 4) is 0 Å². The van der Waals surface area contributed by atoms with Crippen molar-refractivity contribution in [2.45, 2.75) is 53.9 Å². The Hall–Kier alpha value is -2.10. The van der Waals surface area contributed by atoms with Crippen LogP contribution < -0.4 is 0 Å². The highest BCUT2D eigenvalue weighted by Crippen LogP contribution is 2.43. The smallest absolute Gasteiger partial charge is 0.338 e. The predicted molar refractivity (Wildman–Crippen MR) is 104 cm³/mol. The lowest BCUT2D eigenvalue weighted by atomic mass is 9.69. The van der Waals surface area contributed by atoms with E-state index in [1.54, 1.807) is 12.1 Å². The van der Waals surface area contributed by atoms with Crippen LogP contribution in [-0.2, 0) is 14.3 Å². The molecule has 1 atom stereocenters. The van der Waals surface area contributed by atoms with Crippen LogP contribution >= 0.6 is 0 Å². The molecule has 0 amide bonds. The topological polar surface area (TPSA) is 52.6 Å². The first-order valence-electron chi connectivity index (χ1n) is 9.00. The summed E-state index contributed by atoms with van der Waals surface area (Å²) in [5.74, 6) is -0.558. The Morgan fingerprint density at radius 2 is 1.54 bits per heavy atom. The van der Waals surface area contributed by atoms with Gasteiger partial charge in [-0.15, -0.1) is 0 Å². The van der Waals surface area contributed by atoms with Crippen molar-refractivity contribution >= 4 is 11.9 Å². The van der Waals surface area contributed by atoms with Crippen LogP contribution in [0.2, 0.25) is 0 Å². The van der Waals surface area contributed by atoms with Gasteiger partial charge in [0.25, 0.3) is 0 Å². The van der Waals surface area contributed by atoms with E-state index >= 15 is 0 Å². The number of hydrogen-bond donors (Lipinski definition) is 0. The highest BCUT2D eigenvalue weighted by molar-refractivity contribution is 5.89. The molecule has 0 fully saturated rings. The molecular weight excluding hydrogens is 328 g/mol. The van der Waals surface area contributed by atoms with Crippen molar-refractivity contribution in [3.63, 3.8) is 0 Å². The van der Waals surface area contributed by atoms with E-state index in [1.165, 1.54) is 5.56 Å². The largest absolute Gasteiger partial charge is 0.459 e. The molecule has 1 aromatic rings. The van der Waals surface area contributed by atoms with E-state index in [0.717, 1.165) is 12.5 Å². The van der Waals surface area contributed by atoms with Gasteiger partial charge < -0.3 is 9.47 Å². The standard InChI is InChI=1S/C22H32O4/c1-8-19(23)25-13-14-26-20(24)17-11-9-16(10-12-17)18(22(5,6)7)15-21(2,3)4/h8-12,18H,1,13-15H2,2-7H3. The van der Waals surface area contributed by atoms with Gasteiger partial charge in [-0.1, -0.05) is 60.3 Å². The third kappa shape index (κ3) is 7.42. The first-order chi connectivity index (χ1) is 11.9. The van der Waals surface area contributed by atoms with Gasteiger partial charge in [0.1, 0.15) is 13.2 Å². The van der Waals surface area contributed by atoms with E-state index in [9.17, 15) is 9.59 Å². The zero-order valence-corrected chi connectivity index (χ0v) is 16.9. The van der Waals surface area contributed by atoms with Crippen molar-refractivity contribution in [3.05, 3.63) is 48.0 Å². The van der Waals surface area contributed by atoms with Gasteiger partial charge in [-0.3, -0.25) is 0 Å². The molecule has 0 saturated heterocycles. The SMILES string of the molecule is C=CC(=O)OCCOC(=O)c1ccc(C(CC(C)(C)C)C(C)(C)C)cc1. The zero-order chi connectivity index (χ0) is 20.0. The summed E-state index contributed by atoms with van der Waals surface area (Å²) in [6.45, 7) is 16.8. The Balaban J connectivity index is 2.75. The first kappa shape index (κ1) is 21.9. The molecule has 0 radical (unpaired) electrons. The molecule has 1 rings (SSSR count). The molecular formula is C22H32O4. The lowest BCUT2D eigenvalue weighted by Crippen LogP contribution is -2.24. The second-order valence-corrected chi connectivity index (χ2v) is 8.81. The molecule has 4 nitrogen and oxygen atoms in total. The minimum atomic E-state index is -0.530. The van der Waals surface area contributed by atoms with Crippen molar-refractivity contribution in [1.82, 2.24) is 0 Å². The van der Waals surface area contributed by atoms with Gasteiger partial charge in [-0.05, 0) is 40.9 Å². The van der Waals surface area contributed by atoms with E-state index in [-0.39, 0.29) is 24.0 Å². The number of carbonyl (C=O) groups is 2. The van der Waals surface area contributed by atoms with Gasteiger partial charge in [0.15, 0.2) is 0 Å². The Morgan fingerprint density at radius 3 is 2.00 bits per heavy atom. The minimum absolute atomic E-state index is 0.0202. The molecule has 0 aliphatic heterocycles. The molecule has 1 unspecified atom stereocenters. The maximum Gasteiger partial charge on any atom is 0.338 e. The fourth-order valence-electron chi connectivity index (χ4n) is 2.81. The number of carbonyl (C=O) groups excluding carboxylic acids is 2. The minimum Gasteiger partial charge on any atom is -0.459 e. The van der Waals surface area contributed by atoms with Gasteiger partial charge in [0, 0.05) is 6.08 Å². The Labute approximate surface area is 157 Å². The molecule has 0 aromatic heterocycles. The van der Waals surface area contributed by atoms with Crippen molar-refractivity contribution in [2.75, 3.05) is 13.2 Å². The highest BCUT2D eigenvalue weighted by atomic mass is 16.6. The molecule has 26 heavy (non-hydrogen) atoms. The van der Waals surface area contributed by atoms with Crippen LogP contribution in [0.3, 0.4) is 0 Å². The number of esters is 2. The molecule has 0 heterocycles. The summed E-state index contributed by atoms with van der Waals surface area (Å²) in [4.78, 5) is 23.0. The molecule has 144 valence electrons. The average molecular weight is 360 g/mol. The summed E-state index contributed by atoms with van der Waals surface area (Å²) < 4.78 is 9.90. The van der Waals surface area contributed by atoms with Crippen LogP contribution in [-0.4, -0.2) is 25.2 Å². The van der Waals surface area contributed by atoms with Crippen LogP contribution in [0.25, 0.3) is 0 Å². The van der Waals surface area contributed by atoms with Crippen LogP contribution in [0, 0.1) is 10.8 Å². The van der Waals surface area contributed by atoms with E-state index in [2.05, 4.69) is 48.1 Å². The van der Waals surface area contributed by atoms with Crippen LogP contribution in [0.4, 0.5) is 0 Å². The normalized spacial score (nSPS) is 13.0. The monoisotopic (exact) mass is 360 g/mol. The van der Waals surface area contributed by atoms with E-state index in [4.69, 9.17) is 9.47 Å². The van der Waals surface area contributed by atoms with E-state index < -0.39 is 11.9 Å². The summed E-state index contributed by atoms with van der Waals surface area (Å²) in [6, 6.07) is 7.62. The molecule has 0 N–H and O–H groups in total. The Kier molecular flexibility index (Phi) is 7.61. The molecule has 4 heteroatoms. The Morgan fingerprint density at radius 1 is 1.00 bits per heavy atom. The summed E-state index contributed by atoms with van der Waals surface area (Å²) in [5.41, 5.74) is 2.07. The maximum atomic E-state index is 12.1. The first-order valence-corrected chi connectivity index (χ1v) is 9.00. The van der Waals surface area contributed by atoms with Gasteiger partial charge in [-0.2, -0.15) is 0 Å². The van der Waals surface area contributed by atoms with Crippen LogP contribution in [0.15, 0.2) is 36.9 Å². The Bertz CT molecular complexity index is 615. The molecule has 0 saturated carbocycles. The lowest BCUT2D eigenvalue weighted by Gasteiger charge is -2.36. The molecule has 0 spiro atoms. The van der Waals surface area contributed by atoms with E-state index in [0.29, 0.717) is 11.5 Å². The average Bonchev–Trinajstić information content (AvgIpc) is 2.54.